The fourth-order valence-corrected chi connectivity index (χ4v) is 4.01. The van der Waals surface area contributed by atoms with E-state index in [-0.39, 0.29) is 22.9 Å². The maximum Gasteiger partial charge on any atom is 0.270 e. The van der Waals surface area contributed by atoms with Gasteiger partial charge in [-0.1, -0.05) is 19.6 Å². The van der Waals surface area contributed by atoms with Crippen molar-refractivity contribution in [2.75, 3.05) is 31.1 Å². The molecule has 2 aromatic heterocycles. The molecule has 0 spiro atoms. The standard InChI is InChI=1S/C23H26FN5O/c1-4-16-6-7-17(14-25-16)29-12-10-28(11-13-29)15(3)18-8-9-20-22(21(18)24)27-23(30)19(5-2)26-20/h4,6-9,14-15H,1,5,10-13H2,2-3H3,(H,27,30). The van der Waals surface area contributed by atoms with Crippen LogP contribution in [0, 0.1) is 5.82 Å². The van der Waals surface area contributed by atoms with Gasteiger partial charge >= 0.3 is 0 Å². The average molecular weight is 407 g/mol. The second-order valence-electron chi connectivity index (χ2n) is 7.57. The number of aryl methyl sites for hydroxylation is 1. The Morgan fingerprint density at radius 2 is 2.00 bits per heavy atom. The number of anilines is 1. The van der Waals surface area contributed by atoms with E-state index < -0.39 is 0 Å². The highest BCUT2D eigenvalue weighted by Crippen LogP contribution is 2.28. The number of fused-ring (bicyclic) bond motifs is 1. The number of hydrogen-bond acceptors (Lipinski definition) is 5. The molecule has 4 rings (SSSR count). The number of benzene rings is 1. The summed E-state index contributed by atoms with van der Waals surface area (Å²) in [5, 5.41) is 0. The summed E-state index contributed by atoms with van der Waals surface area (Å²) in [6, 6.07) is 7.49. The van der Waals surface area contributed by atoms with Gasteiger partial charge in [0.1, 0.15) is 11.2 Å². The molecule has 0 saturated carbocycles. The average Bonchev–Trinajstić information content (AvgIpc) is 2.79. The molecule has 0 aliphatic carbocycles. The fraction of sp³-hybridized carbons (Fsp3) is 0.348. The van der Waals surface area contributed by atoms with Crippen LogP contribution in [0.5, 0.6) is 0 Å². The molecular weight excluding hydrogens is 381 g/mol. The molecule has 1 aliphatic heterocycles. The van der Waals surface area contributed by atoms with Crippen LogP contribution in [0.15, 0.2) is 41.8 Å². The predicted molar refractivity (Wildman–Crippen MR) is 118 cm³/mol. The lowest BCUT2D eigenvalue weighted by Crippen LogP contribution is -2.47. The zero-order valence-electron chi connectivity index (χ0n) is 17.4. The topological polar surface area (TPSA) is 65.1 Å². The molecule has 1 aliphatic rings. The smallest absolute Gasteiger partial charge is 0.270 e. The van der Waals surface area contributed by atoms with E-state index in [1.54, 1.807) is 18.2 Å². The molecule has 1 fully saturated rings. The Hall–Kier alpha value is -3.06. The Balaban J connectivity index is 1.51. The van der Waals surface area contributed by atoms with Crippen molar-refractivity contribution in [2.45, 2.75) is 26.3 Å². The van der Waals surface area contributed by atoms with Crippen molar-refractivity contribution in [3.05, 3.63) is 70.2 Å². The van der Waals surface area contributed by atoms with E-state index in [1.807, 2.05) is 26.1 Å². The Morgan fingerprint density at radius 1 is 1.23 bits per heavy atom. The number of piperazine rings is 1. The first-order chi connectivity index (χ1) is 14.5. The first kappa shape index (κ1) is 20.2. The summed E-state index contributed by atoms with van der Waals surface area (Å²) in [5.74, 6) is -0.390. The van der Waals surface area contributed by atoms with Gasteiger partial charge in [-0.3, -0.25) is 14.7 Å². The van der Waals surface area contributed by atoms with Crippen molar-refractivity contribution < 1.29 is 4.39 Å². The number of aromatic amines is 1. The molecule has 0 amide bonds. The van der Waals surface area contributed by atoms with Gasteiger partial charge in [0.25, 0.3) is 5.56 Å². The van der Waals surface area contributed by atoms with Crippen LogP contribution in [-0.4, -0.2) is 46.0 Å². The van der Waals surface area contributed by atoms with Gasteiger partial charge in [-0.25, -0.2) is 9.37 Å². The number of hydrogen-bond donors (Lipinski definition) is 1. The molecule has 0 radical (unpaired) electrons. The second kappa shape index (κ2) is 8.36. The van der Waals surface area contributed by atoms with Gasteiger partial charge in [-0.05, 0) is 37.6 Å². The van der Waals surface area contributed by atoms with Crippen LogP contribution in [0.4, 0.5) is 10.1 Å². The van der Waals surface area contributed by atoms with Crippen molar-refractivity contribution in [2.24, 2.45) is 0 Å². The van der Waals surface area contributed by atoms with E-state index in [9.17, 15) is 4.79 Å². The molecule has 1 aromatic carbocycles. The normalized spacial score (nSPS) is 16.0. The van der Waals surface area contributed by atoms with E-state index in [4.69, 9.17) is 0 Å². The van der Waals surface area contributed by atoms with Crippen LogP contribution in [0.1, 0.15) is 36.8 Å². The molecule has 6 nitrogen and oxygen atoms in total. The predicted octanol–water partition coefficient (Wildman–Crippen LogP) is 3.55. The number of H-pyrrole nitrogens is 1. The number of aromatic nitrogens is 3. The molecule has 156 valence electrons. The van der Waals surface area contributed by atoms with Gasteiger partial charge in [0.15, 0.2) is 5.82 Å². The SMILES string of the molecule is C=Cc1ccc(N2CCN(C(C)c3ccc4nc(CC)c(=O)[nH]c4c3F)CC2)cn1. The lowest BCUT2D eigenvalue weighted by molar-refractivity contribution is 0.195. The summed E-state index contributed by atoms with van der Waals surface area (Å²) in [7, 11) is 0. The summed E-state index contributed by atoms with van der Waals surface area (Å²) in [5.41, 5.74) is 3.30. The molecule has 1 saturated heterocycles. The molecule has 7 heteroatoms. The Bertz CT molecular complexity index is 1120. The fourth-order valence-electron chi connectivity index (χ4n) is 4.01. The van der Waals surface area contributed by atoms with E-state index in [1.165, 1.54) is 0 Å². The minimum Gasteiger partial charge on any atom is -0.368 e. The number of halogens is 1. The lowest BCUT2D eigenvalue weighted by Gasteiger charge is -2.39. The lowest BCUT2D eigenvalue weighted by atomic mass is 10.0. The highest BCUT2D eigenvalue weighted by molar-refractivity contribution is 5.76. The Kier molecular flexibility index (Phi) is 5.63. The van der Waals surface area contributed by atoms with Crippen LogP contribution in [0.3, 0.4) is 0 Å². The highest BCUT2D eigenvalue weighted by Gasteiger charge is 2.25. The third-order valence-electron chi connectivity index (χ3n) is 5.90. The Morgan fingerprint density at radius 3 is 2.63 bits per heavy atom. The van der Waals surface area contributed by atoms with Crippen LogP contribution >= 0.6 is 0 Å². The summed E-state index contributed by atoms with van der Waals surface area (Å²) in [6.45, 7) is 10.9. The van der Waals surface area contributed by atoms with Gasteiger partial charge in [0.2, 0.25) is 0 Å². The van der Waals surface area contributed by atoms with Gasteiger partial charge in [-0.15, -0.1) is 0 Å². The van der Waals surface area contributed by atoms with E-state index in [2.05, 4.69) is 37.4 Å². The van der Waals surface area contributed by atoms with Crippen molar-refractivity contribution in [1.82, 2.24) is 19.9 Å². The van der Waals surface area contributed by atoms with Crippen LogP contribution in [-0.2, 0) is 6.42 Å². The maximum atomic E-state index is 15.2. The third-order valence-corrected chi connectivity index (χ3v) is 5.90. The van der Waals surface area contributed by atoms with Crippen molar-refractivity contribution in [3.8, 4) is 0 Å². The number of pyridine rings is 1. The summed E-state index contributed by atoms with van der Waals surface area (Å²) in [4.78, 5) is 28.0. The van der Waals surface area contributed by atoms with Gasteiger partial charge in [-0.2, -0.15) is 0 Å². The Labute approximate surface area is 175 Å². The summed E-state index contributed by atoms with van der Waals surface area (Å²) < 4.78 is 15.2. The van der Waals surface area contributed by atoms with Crippen molar-refractivity contribution in [1.29, 1.82) is 0 Å². The molecule has 30 heavy (non-hydrogen) atoms. The van der Waals surface area contributed by atoms with Crippen LogP contribution in [0.25, 0.3) is 17.1 Å². The number of rotatable bonds is 5. The zero-order chi connectivity index (χ0) is 21.3. The molecular formula is C23H26FN5O. The highest BCUT2D eigenvalue weighted by atomic mass is 19.1. The largest absolute Gasteiger partial charge is 0.368 e. The molecule has 1 unspecified atom stereocenters. The first-order valence-electron chi connectivity index (χ1n) is 10.3. The summed E-state index contributed by atoms with van der Waals surface area (Å²) in [6.07, 6.45) is 4.11. The maximum absolute atomic E-state index is 15.2. The van der Waals surface area contributed by atoms with Gasteiger partial charge in [0, 0.05) is 37.8 Å². The summed E-state index contributed by atoms with van der Waals surface area (Å²) >= 11 is 0. The third kappa shape index (κ3) is 3.73. The monoisotopic (exact) mass is 407 g/mol. The van der Waals surface area contributed by atoms with E-state index >= 15 is 4.39 Å². The molecule has 0 bridgehead atoms. The number of nitrogens with one attached hydrogen (secondary N) is 1. The zero-order valence-corrected chi connectivity index (χ0v) is 17.4. The minimum absolute atomic E-state index is 0.104. The van der Waals surface area contributed by atoms with Crippen LogP contribution < -0.4 is 10.5 Å². The quantitative estimate of drug-likeness (QED) is 0.701. The van der Waals surface area contributed by atoms with Crippen molar-refractivity contribution in [3.63, 3.8) is 0 Å². The van der Waals surface area contributed by atoms with E-state index in [0.29, 0.717) is 23.2 Å². The molecule has 3 aromatic rings. The second-order valence-corrected chi connectivity index (χ2v) is 7.57. The molecule has 1 atom stereocenters. The van der Waals surface area contributed by atoms with Gasteiger partial charge in [0.05, 0.1) is 23.1 Å². The molecule has 3 heterocycles. The minimum atomic E-state index is -0.390. The van der Waals surface area contributed by atoms with Crippen LogP contribution in [0.2, 0.25) is 0 Å². The number of nitrogens with zero attached hydrogens (tertiary/aromatic N) is 4. The van der Waals surface area contributed by atoms with Gasteiger partial charge < -0.3 is 9.88 Å². The van der Waals surface area contributed by atoms with Crippen molar-refractivity contribution >= 4 is 22.8 Å². The first-order valence-corrected chi connectivity index (χ1v) is 10.3. The molecule has 1 N–H and O–H groups in total. The van der Waals surface area contributed by atoms with E-state index in [0.717, 1.165) is 37.6 Å².